The Labute approximate surface area is 173 Å². The van der Waals surface area contributed by atoms with Crippen molar-refractivity contribution in [2.45, 2.75) is 12.2 Å². The number of rotatable bonds is 7. The smallest absolute Gasteiger partial charge is 0.215 e. The first-order valence-electron chi connectivity index (χ1n) is 9.46. The van der Waals surface area contributed by atoms with E-state index in [1.165, 1.54) is 10.8 Å². The number of aromatic nitrogens is 2. The molecule has 0 saturated carbocycles. The van der Waals surface area contributed by atoms with E-state index in [1.807, 2.05) is 42.4 Å². The fourth-order valence-electron chi connectivity index (χ4n) is 3.10. The molecule has 4 rings (SSSR count). The molecule has 0 aliphatic carbocycles. The van der Waals surface area contributed by atoms with Crippen molar-refractivity contribution in [2.75, 3.05) is 18.0 Å². The second-order valence-corrected chi connectivity index (χ2v) is 7.76. The maximum absolute atomic E-state index is 6.17. The molecule has 2 N–H and O–H groups in total. The van der Waals surface area contributed by atoms with Crippen LogP contribution in [0.15, 0.2) is 82.8 Å². The molecule has 6 heteroatoms. The summed E-state index contributed by atoms with van der Waals surface area (Å²) in [6.45, 7) is 0.667. The second-order valence-electron chi connectivity index (χ2n) is 6.65. The molecule has 1 aromatic carbocycles. The first-order chi connectivity index (χ1) is 14.3. The van der Waals surface area contributed by atoms with Crippen LogP contribution in [0.1, 0.15) is 16.8 Å². The Morgan fingerprint density at radius 2 is 2.00 bits per heavy atom. The summed E-state index contributed by atoms with van der Waals surface area (Å²) in [5.74, 6) is 1.75. The summed E-state index contributed by atoms with van der Waals surface area (Å²) >= 11 is 1.81. The molecular weight excluding hydrogens is 380 g/mol. The zero-order chi connectivity index (χ0) is 19.9. The van der Waals surface area contributed by atoms with Crippen LogP contribution < -0.4 is 11.3 Å². The molecule has 0 aliphatic rings. The molecule has 29 heavy (non-hydrogen) atoms. The molecule has 5 nitrogen and oxygen atoms in total. The maximum atomic E-state index is 6.17. The van der Waals surface area contributed by atoms with Gasteiger partial charge in [-0.1, -0.05) is 30.3 Å². The van der Waals surface area contributed by atoms with Gasteiger partial charge in [0, 0.05) is 59.2 Å². The fraction of sp³-hybridized carbons (Fsp3) is 0.174. The summed E-state index contributed by atoms with van der Waals surface area (Å²) in [6, 6.07) is 16.1. The molecule has 0 aliphatic heterocycles. The van der Waals surface area contributed by atoms with Crippen LogP contribution in [0.5, 0.6) is 0 Å². The summed E-state index contributed by atoms with van der Waals surface area (Å²) in [4.78, 5) is 13.2. The van der Waals surface area contributed by atoms with Gasteiger partial charge in [0.1, 0.15) is 0 Å². The quantitative estimate of drug-likeness (QED) is 0.468. The summed E-state index contributed by atoms with van der Waals surface area (Å²) in [5, 5.41) is 2.44. The predicted octanol–water partition coefficient (Wildman–Crippen LogP) is 4.23. The van der Waals surface area contributed by atoms with E-state index in [-0.39, 0.29) is 0 Å². The third-order valence-corrected chi connectivity index (χ3v) is 5.54. The van der Waals surface area contributed by atoms with Crippen molar-refractivity contribution in [3.8, 4) is 0 Å². The van der Waals surface area contributed by atoms with Crippen LogP contribution in [0.25, 0.3) is 10.8 Å². The van der Waals surface area contributed by atoms with E-state index in [4.69, 9.17) is 10.2 Å². The molecule has 3 aromatic heterocycles. The molecule has 0 saturated heterocycles. The number of pyridine rings is 2. The van der Waals surface area contributed by atoms with E-state index in [0.29, 0.717) is 24.2 Å². The zero-order valence-corrected chi connectivity index (χ0v) is 16.8. The normalized spacial score (nSPS) is 11.8. The first kappa shape index (κ1) is 19.2. The van der Waals surface area contributed by atoms with Crippen molar-refractivity contribution < 1.29 is 4.42 Å². The number of nitrogen functional groups attached to an aromatic ring is 1. The predicted molar refractivity (Wildman–Crippen MR) is 118 cm³/mol. The standard InChI is InChI=1S/C23H22N4OS/c24-21-13-23(28-15-19(21)12-17-4-3-8-25-14-17)27-10-11-29-16-22-20-6-2-1-5-18(20)7-9-26-22/h1-9,13-15H,10-12,16,24H2. The average molecular weight is 403 g/mol. The van der Waals surface area contributed by atoms with E-state index in [9.17, 15) is 0 Å². The van der Waals surface area contributed by atoms with E-state index < -0.39 is 0 Å². The van der Waals surface area contributed by atoms with Crippen molar-refractivity contribution in [1.29, 1.82) is 0 Å². The first-order valence-corrected chi connectivity index (χ1v) is 10.6. The van der Waals surface area contributed by atoms with Gasteiger partial charge in [0.25, 0.3) is 0 Å². The summed E-state index contributed by atoms with van der Waals surface area (Å²) < 4.78 is 5.65. The highest BCUT2D eigenvalue weighted by molar-refractivity contribution is 7.98. The molecule has 0 bridgehead atoms. The maximum Gasteiger partial charge on any atom is 0.215 e. The molecule has 0 spiro atoms. The van der Waals surface area contributed by atoms with E-state index in [1.54, 1.807) is 18.5 Å². The van der Waals surface area contributed by atoms with Crippen LogP contribution in [0.2, 0.25) is 0 Å². The number of hydrogen-bond acceptors (Lipinski definition) is 6. The number of anilines is 1. The Morgan fingerprint density at radius 1 is 1.07 bits per heavy atom. The lowest BCUT2D eigenvalue weighted by Gasteiger charge is -2.05. The highest BCUT2D eigenvalue weighted by Crippen LogP contribution is 2.20. The van der Waals surface area contributed by atoms with Gasteiger partial charge in [-0.2, -0.15) is 11.8 Å². The van der Waals surface area contributed by atoms with Crippen LogP contribution in [-0.2, 0) is 12.2 Å². The number of hydrogen-bond donors (Lipinski definition) is 1. The lowest BCUT2D eigenvalue weighted by atomic mass is 10.1. The molecule has 3 heterocycles. The van der Waals surface area contributed by atoms with E-state index in [0.717, 1.165) is 28.3 Å². The van der Waals surface area contributed by atoms with Crippen LogP contribution >= 0.6 is 11.8 Å². The van der Waals surface area contributed by atoms with Crippen molar-refractivity contribution in [1.82, 2.24) is 9.97 Å². The van der Waals surface area contributed by atoms with Crippen LogP contribution in [0, 0.1) is 0 Å². The van der Waals surface area contributed by atoms with Gasteiger partial charge in [-0.25, -0.2) is 0 Å². The number of nitrogens with two attached hydrogens (primary N) is 1. The van der Waals surface area contributed by atoms with Crippen molar-refractivity contribution in [3.05, 3.63) is 95.8 Å². The Bertz CT molecular complexity index is 1150. The van der Waals surface area contributed by atoms with Gasteiger partial charge in [0.2, 0.25) is 5.55 Å². The molecule has 0 atom stereocenters. The van der Waals surface area contributed by atoms with Crippen LogP contribution in [-0.4, -0.2) is 22.3 Å². The van der Waals surface area contributed by atoms with Gasteiger partial charge in [0.15, 0.2) is 0 Å². The van der Waals surface area contributed by atoms with Gasteiger partial charge in [-0.05, 0) is 23.1 Å². The monoisotopic (exact) mass is 402 g/mol. The second kappa shape index (κ2) is 9.39. The third kappa shape index (κ3) is 5.03. The fourth-order valence-corrected chi connectivity index (χ4v) is 3.88. The summed E-state index contributed by atoms with van der Waals surface area (Å²) in [5.41, 5.74) is 10.6. The largest absolute Gasteiger partial charge is 0.447 e. The molecule has 0 amide bonds. The summed E-state index contributed by atoms with van der Waals surface area (Å²) in [6.07, 6.45) is 7.84. The topological polar surface area (TPSA) is 77.3 Å². The Balaban J connectivity index is 1.33. The minimum absolute atomic E-state index is 0.557. The number of thioether (sulfide) groups is 1. The van der Waals surface area contributed by atoms with Crippen LogP contribution in [0.3, 0.4) is 0 Å². The highest BCUT2D eigenvalue weighted by atomic mass is 32.2. The number of benzene rings is 1. The van der Waals surface area contributed by atoms with Crippen molar-refractivity contribution in [2.24, 2.45) is 4.99 Å². The molecular formula is C23H22N4OS. The molecule has 0 fully saturated rings. The van der Waals surface area contributed by atoms with E-state index in [2.05, 4.69) is 39.2 Å². The Hall–Kier alpha value is -3.12. The molecule has 146 valence electrons. The van der Waals surface area contributed by atoms with Gasteiger partial charge in [-0.15, -0.1) is 0 Å². The molecule has 0 unspecified atom stereocenters. The zero-order valence-electron chi connectivity index (χ0n) is 16.0. The van der Waals surface area contributed by atoms with Gasteiger partial charge in [-0.3, -0.25) is 15.0 Å². The molecule has 4 aromatic rings. The SMILES string of the molecule is Nc1cc(=NCCSCc2nccc3ccccc23)occ1Cc1cccnc1. The van der Waals surface area contributed by atoms with Crippen molar-refractivity contribution >= 4 is 28.2 Å². The highest BCUT2D eigenvalue weighted by Gasteiger charge is 2.04. The van der Waals surface area contributed by atoms with Gasteiger partial charge in [0.05, 0.1) is 18.5 Å². The minimum atomic E-state index is 0.557. The van der Waals surface area contributed by atoms with E-state index >= 15 is 0 Å². The average Bonchev–Trinajstić information content (AvgIpc) is 2.76. The number of nitrogens with zero attached hydrogens (tertiary/aromatic N) is 3. The van der Waals surface area contributed by atoms with Crippen LogP contribution in [0.4, 0.5) is 5.69 Å². The Morgan fingerprint density at radius 3 is 2.86 bits per heavy atom. The van der Waals surface area contributed by atoms with Crippen molar-refractivity contribution in [3.63, 3.8) is 0 Å². The number of fused-ring (bicyclic) bond motifs is 1. The van der Waals surface area contributed by atoms with Gasteiger partial charge < -0.3 is 10.2 Å². The minimum Gasteiger partial charge on any atom is -0.447 e. The lowest BCUT2D eigenvalue weighted by Crippen LogP contribution is -2.07. The Kier molecular flexibility index (Phi) is 6.22. The van der Waals surface area contributed by atoms with Gasteiger partial charge >= 0.3 is 0 Å². The third-order valence-electron chi connectivity index (χ3n) is 4.59. The summed E-state index contributed by atoms with van der Waals surface area (Å²) in [7, 11) is 0. The lowest BCUT2D eigenvalue weighted by molar-refractivity contribution is 0.486. The molecule has 0 radical (unpaired) electrons.